The van der Waals surface area contributed by atoms with Crippen LogP contribution in [0.3, 0.4) is 0 Å². The van der Waals surface area contributed by atoms with Crippen molar-refractivity contribution >= 4 is 11.9 Å². The molecule has 0 aliphatic carbocycles. The molecule has 0 saturated heterocycles. The zero-order valence-corrected chi connectivity index (χ0v) is 7.86. The highest BCUT2D eigenvalue weighted by Crippen LogP contribution is 2.15. The standard InChI is InChI=1S/C9H11N3O3/c10-9(11)12-5-8(14)15-7-3-1-6(13)2-4-7/h1-4,13H,5H2,(H4,10,11,12). The summed E-state index contributed by atoms with van der Waals surface area (Å²) in [5.41, 5.74) is 4.99. The van der Waals surface area contributed by atoms with Crippen LogP contribution in [0.4, 0.5) is 0 Å². The molecule has 0 aliphatic rings. The van der Waals surface area contributed by atoms with Gasteiger partial charge >= 0.3 is 5.97 Å². The molecule has 0 amide bonds. The van der Waals surface area contributed by atoms with Crippen LogP contribution in [0.5, 0.6) is 11.5 Å². The Kier molecular flexibility index (Phi) is 3.50. The molecule has 0 spiro atoms. The minimum atomic E-state index is -0.559. The first kappa shape index (κ1) is 10.8. The van der Waals surface area contributed by atoms with Gasteiger partial charge in [0, 0.05) is 0 Å². The molecule has 1 rings (SSSR count). The van der Waals surface area contributed by atoms with Crippen LogP contribution in [0, 0.1) is 5.41 Å². The predicted molar refractivity (Wildman–Crippen MR) is 53.7 cm³/mol. The Hall–Kier alpha value is -2.24. The van der Waals surface area contributed by atoms with Gasteiger partial charge in [0.05, 0.1) is 0 Å². The Balaban J connectivity index is 2.44. The molecule has 6 heteroatoms. The van der Waals surface area contributed by atoms with E-state index in [9.17, 15) is 4.79 Å². The number of nitrogens with one attached hydrogen (secondary N) is 2. The molecule has 0 atom stereocenters. The van der Waals surface area contributed by atoms with E-state index in [1.807, 2.05) is 0 Å². The van der Waals surface area contributed by atoms with Crippen LogP contribution >= 0.6 is 0 Å². The molecular weight excluding hydrogens is 198 g/mol. The lowest BCUT2D eigenvalue weighted by Crippen LogP contribution is -2.36. The molecule has 1 aromatic carbocycles. The van der Waals surface area contributed by atoms with Gasteiger partial charge in [0.15, 0.2) is 5.96 Å². The Morgan fingerprint density at radius 2 is 2.07 bits per heavy atom. The third-order valence-electron chi connectivity index (χ3n) is 1.49. The van der Waals surface area contributed by atoms with Crippen LogP contribution in [0.25, 0.3) is 0 Å². The molecule has 0 aromatic heterocycles. The summed E-state index contributed by atoms with van der Waals surface area (Å²) in [4.78, 5) is 11.1. The average Bonchev–Trinajstić information content (AvgIpc) is 2.19. The SMILES string of the molecule is N=C(N)NCC(=O)Oc1ccc(O)cc1. The minimum absolute atomic E-state index is 0.0941. The number of aromatic hydroxyl groups is 1. The Labute approximate surface area is 86.2 Å². The quantitative estimate of drug-likeness (QED) is 0.238. The maximum Gasteiger partial charge on any atom is 0.330 e. The van der Waals surface area contributed by atoms with Gasteiger partial charge in [0.2, 0.25) is 0 Å². The fraction of sp³-hybridized carbons (Fsp3) is 0.111. The van der Waals surface area contributed by atoms with E-state index in [0.717, 1.165) is 0 Å². The molecule has 80 valence electrons. The van der Waals surface area contributed by atoms with E-state index < -0.39 is 5.97 Å². The van der Waals surface area contributed by atoms with Gasteiger partial charge in [-0.25, -0.2) is 4.79 Å². The van der Waals surface area contributed by atoms with E-state index in [1.165, 1.54) is 24.3 Å². The lowest BCUT2D eigenvalue weighted by atomic mass is 10.3. The van der Waals surface area contributed by atoms with Crippen LogP contribution in [-0.4, -0.2) is 23.6 Å². The Bertz CT molecular complexity index is 361. The zero-order valence-electron chi connectivity index (χ0n) is 7.86. The first-order chi connectivity index (χ1) is 7.08. The molecule has 1 aromatic rings. The van der Waals surface area contributed by atoms with Crippen molar-refractivity contribution in [3.63, 3.8) is 0 Å². The molecule has 6 nitrogen and oxygen atoms in total. The van der Waals surface area contributed by atoms with Crippen molar-refractivity contribution in [2.75, 3.05) is 6.54 Å². The van der Waals surface area contributed by atoms with E-state index in [0.29, 0.717) is 5.75 Å². The summed E-state index contributed by atoms with van der Waals surface area (Å²) in [6.45, 7) is -0.170. The number of esters is 1. The largest absolute Gasteiger partial charge is 0.508 e. The number of hydrogen-bond donors (Lipinski definition) is 4. The summed E-state index contributed by atoms with van der Waals surface area (Å²) < 4.78 is 4.86. The smallest absolute Gasteiger partial charge is 0.330 e. The molecule has 0 bridgehead atoms. The van der Waals surface area contributed by atoms with Crippen molar-refractivity contribution in [3.8, 4) is 11.5 Å². The second-order valence-electron chi connectivity index (χ2n) is 2.74. The molecule has 0 heterocycles. The van der Waals surface area contributed by atoms with Crippen molar-refractivity contribution in [2.24, 2.45) is 5.73 Å². The summed E-state index contributed by atoms with van der Waals surface area (Å²) >= 11 is 0. The maximum atomic E-state index is 11.1. The molecule has 0 aliphatic heterocycles. The van der Waals surface area contributed by atoms with Crippen LogP contribution in [0.2, 0.25) is 0 Å². The average molecular weight is 209 g/mol. The first-order valence-electron chi connectivity index (χ1n) is 4.15. The third-order valence-corrected chi connectivity index (χ3v) is 1.49. The lowest BCUT2D eigenvalue weighted by molar-refractivity contribution is -0.133. The molecule has 5 N–H and O–H groups in total. The molecule has 0 fully saturated rings. The van der Waals surface area contributed by atoms with Crippen LogP contribution in [0.15, 0.2) is 24.3 Å². The summed E-state index contributed by atoms with van der Waals surface area (Å²) in [7, 11) is 0. The monoisotopic (exact) mass is 209 g/mol. The number of hydrogen-bond acceptors (Lipinski definition) is 4. The molecule has 0 saturated carbocycles. The van der Waals surface area contributed by atoms with Gasteiger partial charge in [-0.15, -0.1) is 0 Å². The number of phenols is 1. The Morgan fingerprint density at radius 3 is 2.60 bits per heavy atom. The van der Waals surface area contributed by atoms with Gasteiger partial charge in [-0.3, -0.25) is 5.41 Å². The number of rotatable bonds is 3. The van der Waals surface area contributed by atoms with Gasteiger partial charge in [0.25, 0.3) is 0 Å². The van der Waals surface area contributed by atoms with Gasteiger partial charge in [-0.1, -0.05) is 0 Å². The molecule has 0 radical (unpaired) electrons. The molecular formula is C9H11N3O3. The van der Waals surface area contributed by atoms with Crippen molar-refractivity contribution in [2.45, 2.75) is 0 Å². The van der Waals surface area contributed by atoms with Crippen LogP contribution < -0.4 is 15.8 Å². The normalized spacial score (nSPS) is 9.33. The third kappa shape index (κ3) is 3.99. The van der Waals surface area contributed by atoms with E-state index in [4.69, 9.17) is 21.0 Å². The highest BCUT2D eigenvalue weighted by atomic mass is 16.5. The fourth-order valence-electron chi connectivity index (χ4n) is 0.849. The predicted octanol–water partition coefficient (Wildman–Crippen LogP) is -0.219. The second kappa shape index (κ2) is 4.85. The van der Waals surface area contributed by atoms with E-state index >= 15 is 0 Å². The highest BCUT2D eigenvalue weighted by Gasteiger charge is 2.04. The first-order valence-corrected chi connectivity index (χ1v) is 4.15. The number of carbonyl (C=O) groups is 1. The zero-order chi connectivity index (χ0) is 11.3. The lowest BCUT2D eigenvalue weighted by Gasteiger charge is -2.05. The maximum absolute atomic E-state index is 11.1. The van der Waals surface area contributed by atoms with Gasteiger partial charge in [-0.05, 0) is 24.3 Å². The van der Waals surface area contributed by atoms with Gasteiger partial charge in [0.1, 0.15) is 18.0 Å². The number of nitrogens with two attached hydrogens (primary N) is 1. The molecule has 0 unspecified atom stereocenters. The summed E-state index contributed by atoms with van der Waals surface area (Å²) in [5.74, 6) is -0.437. The number of carbonyl (C=O) groups excluding carboxylic acids is 1. The topological polar surface area (TPSA) is 108 Å². The van der Waals surface area contributed by atoms with Crippen molar-refractivity contribution in [3.05, 3.63) is 24.3 Å². The van der Waals surface area contributed by atoms with E-state index in [2.05, 4.69) is 5.32 Å². The summed E-state index contributed by atoms with van der Waals surface area (Å²) in [5, 5.41) is 18.1. The Morgan fingerprint density at radius 1 is 1.47 bits per heavy atom. The van der Waals surface area contributed by atoms with Crippen LogP contribution in [-0.2, 0) is 4.79 Å². The van der Waals surface area contributed by atoms with Crippen molar-refractivity contribution < 1.29 is 14.6 Å². The van der Waals surface area contributed by atoms with Crippen molar-refractivity contribution in [1.82, 2.24) is 5.32 Å². The fourth-order valence-corrected chi connectivity index (χ4v) is 0.849. The second-order valence-corrected chi connectivity index (χ2v) is 2.74. The number of phenolic OH excluding ortho intramolecular Hbond substituents is 1. The van der Waals surface area contributed by atoms with E-state index in [-0.39, 0.29) is 18.3 Å². The van der Waals surface area contributed by atoms with Gasteiger partial charge < -0.3 is 20.9 Å². The highest BCUT2D eigenvalue weighted by molar-refractivity contribution is 5.82. The molecule has 15 heavy (non-hydrogen) atoms. The van der Waals surface area contributed by atoms with Crippen molar-refractivity contribution in [1.29, 1.82) is 5.41 Å². The minimum Gasteiger partial charge on any atom is -0.508 e. The van der Waals surface area contributed by atoms with E-state index in [1.54, 1.807) is 0 Å². The van der Waals surface area contributed by atoms with Gasteiger partial charge in [-0.2, -0.15) is 0 Å². The summed E-state index contributed by atoms with van der Waals surface area (Å²) in [6, 6.07) is 5.73. The summed E-state index contributed by atoms with van der Waals surface area (Å²) in [6.07, 6.45) is 0. The number of guanidine groups is 1. The number of ether oxygens (including phenoxy) is 1. The number of benzene rings is 1. The van der Waals surface area contributed by atoms with Crippen LogP contribution in [0.1, 0.15) is 0 Å².